The third-order valence-electron chi connectivity index (χ3n) is 2.02. The van der Waals surface area contributed by atoms with Crippen LogP contribution in [-0.4, -0.2) is 23.9 Å². The molecule has 0 N–H and O–H groups in total. The zero-order valence-electron chi connectivity index (χ0n) is 9.80. The lowest BCUT2D eigenvalue weighted by atomic mass is 10.1. The predicted molar refractivity (Wildman–Crippen MR) is 70.0 cm³/mol. The molecule has 90 valence electrons. The van der Waals surface area contributed by atoms with Crippen molar-refractivity contribution < 1.29 is 14.3 Å². The fourth-order valence-corrected chi connectivity index (χ4v) is 1.62. The van der Waals surface area contributed by atoms with Crippen LogP contribution in [0, 0.1) is 0 Å². The monoisotopic (exact) mass is 250 g/mol. The number of carbonyl (C=O) groups is 2. The summed E-state index contributed by atoms with van der Waals surface area (Å²) in [4.78, 5) is 21.9. The van der Waals surface area contributed by atoms with Gasteiger partial charge in [-0.25, -0.2) is 4.79 Å². The van der Waals surface area contributed by atoms with E-state index in [1.165, 1.54) is 18.9 Å². The number of benzene rings is 1. The number of esters is 1. The van der Waals surface area contributed by atoms with E-state index in [1.54, 1.807) is 19.1 Å². The van der Waals surface area contributed by atoms with Crippen molar-refractivity contribution >= 4 is 28.9 Å². The van der Waals surface area contributed by atoms with Gasteiger partial charge in [-0.15, -0.1) is 0 Å². The molecule has 0 aliphatic rings. The highest BCUT2D eigenvalue weighted by molar-refractivity contribution is 8.13. The van der Waals surface area contributed by atoms with E-state index >= 15 is 0 Å². The van der Waals surface area contributed by atoms with E-state index in [1.807, 2.05) is 24.3 Å². The third kappa shape index (κ3) is 4.87. The molecule has 3 nitrogen and oxygen atoms in total. The lowest BCUT2D eigenvalue weighted by Crippen LogP contribution is -2.00. The van der Waals surface area contributed by atoms with E-state index < -0.39 is 0 Å². The van der Waals surface area contributed by atoms with Crippen LogP contribution in [0.4, 0.5) is 0 Å². The van der Waals surface area contributed by atoms with Crippen LogP contribution in [-0.2, 0) is 9.53 Å². The average molecular weight is 250 g/mol. The van der Waals surface area contributed by atoms with Crippen molar-refractivity contribution in [3.05, 3.63) is 41.5 Å². The summed E-state index contributed by atoms with van der Waals surface area (Å²) in [5, 5.41) is 0.107. The molecule has 0 spiro atoms. The van der Waals surface area contributed by atoms with Crippen LogP contribution in [0.5, 0.6) is 0 Å². The minimum Gasteiger partial charge on any atom is -0.465 e. The molecule has 0 aromatic heterocycles. The van der Waals surface area contributed by atoms with Gasteiger partial charge in [0.15, 0.2) is 5.12 Å². The minimum absolute atomic E-state index is 0.107. The van der Waals surface area contributed by atoms with Crippen LogP contribution in [0.2, 0.25) is 0 Å². The van der Waals surface area contributed by atoms with Gasteiger partial charge in [0, 0.05) is 12.7 Å². The first-order valence-corrected chi connectivity index (χ1v) is 6.10. The molecule has 0 saturated carbocycles. The predicted octanol–water partition coefficient (Wildman–Crippen LogP) is 2.77. The summed E-state index contributed by atoms with van der Waals surface area (Å²) in [6, 6.07) is 7.09. The van der Waals surface area contributed by atoms with E-state index in [4.69, 9.17) is 0 Å². The molecule has 0 unspecified atom stereocenters. The highest BCUT2D eigenvalue weighted by Crippen LogP contribution is 2.08. The van der Waals surface area contributed by atoms with Gasteiger partial charge in [-0.05, 0) is 17.7 Å². The molecule has 0 amide bonds. The minimum atomic E-state index is -0.340. The molecule has 1 aromatic carbocycles. The molecule has 17 heavy (non-hydrogen) atoms. The lowest BCUT2D eigenvalue weighted by Gasteiger charge is -1.99. The van der Waals surface area contributed by atoms with E-state index in [9.17, 15) is 9.59 Å². The molecule has 0 radical (unpaired) electrons. The Hall–Kier alpha value is -1.55. The highest BCUT2D eigenvalue weighted by atomic mass is 32.2. The standard InChI is InChI=1S/C13H14O3S/c1-10(14)17-9-3-4-11-5-7-12(8-6-11)13(15)16-2/h3-8H,9H2,1-2H3. The Bertz CT molecular complexity index is 421. The molecule has 0 saturated heterocycles. The second-order valence-electron chi connectivity index (χ2n) is 3.32. The van der Waals surface area contributed by atoms with Crippen molar-refractivity contribution in [2.45, 2.75) is 6.92 Å². The Morgan fingerprint density at radius 3 is 2.47 bits per heavy atom. The maximum Gasteiger partial charge on any atom is 0.337 e. The summed E-state index contributed by atoms with van der Waals surface area (Å²) in [5.41, 5.74) is 1.52. The van der Waals surface area contributed by atoms with E-state index in [2.05, 4.69) is 4.74 Å². The number of methoxy groups -OCH3 is 1. The van der Waals surface area contributed by atoms with Gasteiger partial charge in [0.2, 0.25) is 0 Å². The highest BCUT2D eigenvalue weighted by Gasteiger charge is 2.02. The molecular weight excluding hydrogens is 236 g/mol. The SMILES string of the molecule is COC(=O)c1ccc(C=CCSC(C)=O)cc1. The maximum absolute atomic E-state index is 11.2. The molecule has 0 heterocycles. The Kier molecular flexibility index (Phi) is 5.49. The topological polar surface area (TPSA) is 43.4 Å². The van der Waals surface area contributed by atoms with Gasteiger partial charge in [0.25, 0.3) is 0 Å². The van der Waals surface area contributed by atoms with E-state index in [0.29, 0.717) is 11.3 Å². The molecular formula is C13H14O3S. The second-order valence-corrected chi connectivity index (χ2v) is 4.52. The van der Waals surface area contributed by atoms with Crippen LogP contribution >= 0.6 is 11.8 Å². The Labute approximate surface area is 105 Å². The van der Waals surface area contributed by atoms with Crippen molar-refractivity contribution in [1.82, 2.24) is 0 Å². The van der Waals surface area contributed by atoms with Gasteiger partial charge >= 0.3 is 5.97 Å². The van der Waals surface area contributed by atoms with Gasteiger partial charge in [-0.2, -0.15) is 0 Å². The van der Waals surface area contributed by atoms with Crippen molar-refractivity contribution in [3.63, 3.8) is 0 Å². The van der Waals surface area contributed by atoms with E-state index in [0.717, 1.165) is 5.56 Å². The summed E-state index contributed by atoms with van der Waals surface area (Å²) < 4.78 is 4.60. The number of ether oxygens (including phenoxy) is 1. The first kappa shape index (κ1) is 13.5. The fourth-order valence-electron chi connectivity index (χ4n) is 1.20. The Morgan fingerprint density at radius 1 is 1.29 bits per heavy atom. The van der Waals surface area contributed by atoms with Crippen molar-refractivity contribution in [2.75, 3.05) is 12.9 Å². The number of thioether (sulfide) groups is 1. The molecule has 0 atom stereocenters. The van der Waals surface area contributed by atoms with Gasteiger partial charge in [0.05, 0.1) is 12.7 Å². The van der Waals surface area contributed by atoms with Crippen molar-refractivity contribution in [1.29, 1.82) is 0 Å². The Morgan fingerprint density at radius 2 is 1.94 bits per heavy atom. The molecule has 0 bridgehead atoms. The van der Waals surface area contributed by atoms with E-state index in [-0.39, 0.29) is 11.1 Å². The van der Waals surface area contributed by atoms with Gasteiger partial charge in [0.1, 0.15) is 0 Å². The van der Waals surface area contributed by atoms with Gasteiger partial charge < -0.3 is 4.74 Å². The summed E-state index contributed by atoms with van der Waals surface area (Å²) in [6.07, 6.45) is 3.83. The smallest absolute Gasteiger partial charge is 0.337 e. The zero-order valence-corrected chi connectivity index (χ0v) is 10.6. The molecule has 1 rings (SSSR count). The summed E-state index contributed by atoms with van der Waals surface area (Å²) in [7, 11) is 1.36. The average Bonchev–Trinajstić information content (AvgIpc) is 2.34. The van der Waals surface area contributed by atoms with Crippen LogP contribution in [0.3, 0.4) is 0 Å². The van der Waals surface area contributed by atoms with Crippen LogP contribution in [0.15, 0.2) is 30.3 Å². The number of carbonyl (C=O) groups excluding carboxylic acids is 2. The Balaban J connectivity index is 2.56. The molecule has 0 aliphatic heterocycles. The van der Waals surface area contributed by atoms with Crippen molar-refractivity contribution in [2.24, 2.45) is 0 Å². The maximum atomic E-state index is 11.2. The second kappa shape index (κ2) is 6.91. The van der Waals surface area contributed by atoms with Gasteiger partial charge in [-0.1, -0.05) is 36.0 Å². The van der Waals surface area contributed by atoms with Crippen LogP contribution in [0.1, 0.15) is 22.8 Å². The summed E-state index contributed by atoms with van der Waals surface area (Å²) in [6.45, 7) is 1.55. The molecule has 4 heteroatoms. The molecule has 0 fully saturated rings. The summed E-state index contributed by atoms with van der Waals surface area (Å²) in [5.74, 6) is 0.321. The van der Waals surface area contributed by atoms with Crippen LogP contribution in [0.25, 0.3) is 6.08 Å². The molecule has 1 aromatic rings. The normalized spacial score (nSPS) is 10.5. The third-order valence-corrected chi connectivity index (χ3v) is 2.79. The lowest BCUT2D eigenvalue weighted by molar-refractivity contribution is -0.109. The number of hydrogen-bond donors (Lipinski definition) is 0. The number of hydrogen-bond acceptors (Lipinski definition) is 4. The molecule has 0 aliphatic carbocycles. The quantitative estimate of drug-likeness (QED) is 0.771. The first-order chi connectivity index (χ1) is 8.13. The fraction of sp³-hybridized carbons (Fsp3) is 0.231. The van der Waals surface area contributed by atoms with Crippen molar-refractivity contribution in [3.8, 4) is 0 Å². The number of rotatable bonds is 4. The van der Waals surface area contributed by atoms with Crippen LogP contribution < -0.4 is 0 Å². The zero-order chi connectivity index (χ0) is 12.7. The first-order valence-electron chi connectivity index (χ1n) is 5.12. The largest absolute Gasteiger partial charge is 0.465 e. The summed E-state index contributed by atoms with van der Waals surface area (Å²) >= 11 is 1.26. The van der Waals surface area contributed by atoms with Gasteiger partial charge in [-0.3, -0.25) is 4.79 Å².